The largest absolute Gasteiger partial charge is 0.481 e. The van der Waals surface area contributed by atoms with Crippen molar-refractivity contribution in [3.05, 3.63) is 59.7 Å². The zero-order valence-corrected chi connectivity index (χ0v) is 15.0. The van der Waals surface area contributed by atoms with Crippen molar-refractivity contribution < 1.29 is 23.1 Å². The van der Waals surface area contributed by atoms with Gasteiger partial charge in [0.25, 0.3) is 5.95 Å². The second-order valence-electron chi connectivity index (χ2n) is 6.60. The molecule has 0 saturated heterocycles. The van der Waals surface area contributed by atoms with Gasteiger partial charge in [-0.3, -0.25) is 4.79 Å². The van der Waals surface area contributed by atoms with Crippen molar-refractivity contribution in [1.82, 2.24) is 20.2 Å². The molecule has 10 heteroatoms. The summed E-state index contributed by atoms with van der Waals surface area (Å²) >= 11 is 0. The Labute approximate surface area is 162 Å². The lowest BCUT2D eigenvalue weighted by molar-refractivity contribution is -0.140. The van der Waals surface area contributed by atoms with Crippen LogP contribution in [0.3, 0.4) is 0 Å². The Bertz CT molecular complexity index is 1120. The highest BCUT2D eigenvalue weighted by Crippen LogP contribution is 2.40. The number of fused-ring (bicyclic) bond motifs is 1. The molecule has 0 fully saturated rings. The Morgan fingerprint density at radius 3 is 2.62 bits per heavy atom. The van der Waals surface area contributed by atoms with Crippen molar-refractivity contribution in [2.75, 3.05) is 0 Å². The van der Waals surface area contributed by atoms with Gasteiger partial charge < -0.3 is 5.11 Å². The highest BCUT2D eigenvalue weighted by molar-refractivity contribution is 6.03. The van der Waals surface area contributed by atoms with Crippen molar-refractivity contribution in [2.45, 2.75) is 19.1 Å². The van der Waals surface area contributed by atoms with E-state index < -0.39 is 29.7 Å². The minimum atomic E-state index is -4.49. The van der Waals surface area contributed by atoms with E-state index in [-0.39, 0.29) is 5.95 Å². The molecule has 0 bridgehead atoms. The predicted molar refractivity (Wildman–Crippen MR) is 96.7 cm³/mol. The summed E-state index contributed by atoms with van der Waals surface area (Å²) in [6, 6.07) is 10.7. The molecular formula is C19H14F3N5O2. The van der Waals surface area contributed by atoms with Crippen LogP contribution in [0, 0.1) is 5.92 Å². The summed E-state index contributed by atoms with van der Waals surface area (Å²) in [7, 11) is 0. The minimum absolute atomic E-state index is 0.142. The van der Waals surface area contributed by atoms with Crippen molar-refractivity contribution >= 4 is 17.6 Å². The van der Waals surface area contributed by atoms with Crippen LogP contribution in [0.25, 0.3) is 11.1 Å². The minimum Gasteiger partial charge on any atom is -0.481 e. The van der Waals surface area contributed by atoms with Gasteiger partial charge in [0.2, 0.25) is 0 Å². The van der Waals surface area contributed by atoms with Gasteiger partial charge in [0.05, 0.1) is 5.56 Å². The number of carboxylic acid groups (broad SMARTS) is 1. The first kappa shape index (κ1) is 18.8. The number of halogens is 3. The lowest BCUT2D eigenvalue weighted by atomic mass is 9.84. The Morgan fingerprint density at radius 2 is 1.90 bits per heavy atom. The molecule has 7 nitrogen and oxygen atoms in total. The number of tetrazole rings is 1. The third-order valence-corrected chi connectivity index (χ3v) is 4.83. The van der Waals surface area contributed by atoms with Gasteiger partial charge in [0.15, 0.2) is 0 Å². The summed E-state index contributed by atoms with van der Waals surface area (Å²) in [6.45, 7) is 1.57. The Morgan fingerprint density at radius 1 is 1.14 bits per heavy atom. The van der Waals surface area contributed by atoms with Crippen LogP contribution < -0.4 is 0 Å². The maximum absolute atomic E-state index is 13.2. The van der Waals surface area contributed by atoms with E-state index in [1.807, 2.05) is 0 Å². The number of hydrogen-bond acceptors (Lipinski definition) is 5. The highest BCUT2D eigenvalue weighted by atomic mass is 19.4. The van der Waals surface area contributed by atoms with E-state index in [9.17, 15) is 23.1 Å². The maximum Gasteiger partial charge on any atom is 0.416 e. The summed E-state index contributed by atoms with van der Waals surface area (Å²) in [6.07, 6.45) is -4.49. The van der Waals surface area contributed by atoms with E-state index in [1.54, 1.807) is 37.3 Å². The van der Waals surface area contributed by atoms with Crippen LogP contribution in [0.15, 0.2) is 53.5 Å². The number of benzene rings is 2. The number of alkyl halides is 3. The molecule has 1 aromatic heterocycles. The number of aliphatic carboxylic acids is 1. The topological polar surface area (TPSA) is 93.3 Å². The number of carboxylic acids is 1. The summed E-state index contributed by atoms with van der Waals surface area (Å²) in [5, 5.41) is 21.1. The molecule has 0 aliphatic carbocycles. The molecule has 0 amide bonds. The van der Waals surface area contributed by atoms with Crippen molar-refractivity contribution in [3.8, 4) is 11.1 Å². The van der Waals surface area contributed by atoms with E-state index in [2.05, 4.69) is 20.5 Å². The van der Waals surface area contributed by atoms with Crippen molar-refractivity contribution in [3.63, 3.8) is 0 Å². The van der Waals surface area contributed by atoms with Gasteiger partial charge in [-0.2, -0.15) is 13.2 Å². The third kappa shape index (κ3) is 3.26. The van der Waals surface area contributed by atoms with Gasteiger partial charge in [0.1, 0.15) is 12.0 Å². The van der Waals surface area contributed by atoms with Crippen molar-refractivity contribution in [1.29, 1.82) is 0 Å². The predicted octanol–water partition coefficient (Wildman–Crippen LogP) is 3.76. The molecule has 3 aromatic rings. The summed E-state index contributed by atoms with van der Waals surface area (Å²) in [5.41, 5.74) is 0.787. The standard InChI is InChI=1S/C19H14F3N5O2/c1-10-15(17(28)29)16(27-18(23-10)24-25-26-27)14-8-3-2-7-13(14)11-5-4-6-12(9-11)19(20,21)22/h2-9,15-16H,1H3,(H,28,29). The molecule has 2 heterocycles. The lowest BCUT2D eigenvalue weighted by Gasteiger charge is -2.29. The number of aromatic nitrogens is 4. The van der Waals surface area contributed by atoms with Crippen LogP contribution in [0.1, 0.15) is 24.1 Å². The molecule has 1 aliphatic rings. The molecule has 2 aromatic carbocycles. The van der Waals surface area contributed by atoms with Gasteiger partial charge in [-0.25, -0.2) is 9.67 Å². The van der Waals surface area contributed by atoms with Crippen LogP contribution in [0.5, 0.6) is 0 Å². The Hall–Kier alpha value is -3.56. The molecule has 1 N–H and O–H groups in total. The molecule has 0 radical (unpaired) electrons. The fourth-order valence-corrected chi connectivity index (χ4v) is 3.55. The highest BCUT2D eigenvalue weighted by Gasteiger charge is 2.40. The van der Waals surface area contributed by atoms with Gasteiger partial charge in [-0.05, 0) is 46.2 Å². The first-order chi connectivity index (χ1) is 13.8. The molecule has 4 rings (SSSR count). The first-order valence-electron chi connectivity index (χ1n) is 8.60. The van der Waals surface area contributed by atoms with Gasteiger partial charge in [0, 0.05) is 5.71 Å². The van der Waals surface area contributed by atoms with E-state index in [1.165, 1.54) is 10.7 Å². The second kappa shape index (κ2) is 6.80. The number of aliphatic imine (C=N–C) groups is 1. The Balaban J connectivity index is 1.92. The molecule has 148 valence electrons. The average molecular weight is 401 g/mol. The normalized spacial score (nSPS) is 18.8. The molecular weight excluding hydrogens is 387 g/mol. The maximum atomic E-state index is 13.2. The zero-order chi connectivity index (χ0) is 20.8. The third-order valence-electron chi connectivity index (χ3n) is 4.83. The fraction of sp³-hybridized carbons (Fsp3) is 0.211. The van der Waals surface area contributed by atoms with E-state index in [0.29, 0.717) is 22.4 Å². The lowest BCUT2D eigenvalue weighted by Crippen LogP contribution is -2.36. The second-order valence-corrected chi connectivity index (χ2v) is 6.60. The van der Waals surface area contributed by atoms with Crippen LogP contribution in [-0.4, -0.2) is 37.0 Å². The van der Waals surface area contributed by atoms with E-state index in [0.717, 1.165) is 12.1 Å². The van der Waals surface area contributed by atoms with Crippen LogP contribution in [0.2, 0.25) is 0 Å². The average Bonchev–Trinajstić information content (AvgIpc) is 3.14. The monoisotopic (exact) mass is 401 g/mol. The smallest absolute Gasteiger partial charge is 0.416 e. The van der Waals surface area contributed by atoms with Gasteiger partial charge >= 0.3 is 12.1 Å². The number of rotatable bonds is 3. The SMILES string of the molecule is CC1=Nc2nnnn2C(c2ccccc2-c2cccc(C(F)(F)F)c2)C1C(=O)O. The van der Waals surface area contributed by atoms with Crippen LogP contribution >= 0.6 is 0 Å². The van der Waals surface area contributed by atoms with Crippen molar-refractivity contribution in [2.24, 2.45) is 10.9 Å². The van der Waals surface area contributed by atoms with Crippen LogP contribution in [0.4, 0.5) is 19.1 Å². The Kier molecular flexibility index (Phi) is 4.40. The molecule has 0 spiro atoms. The quantitative estimate of drug-likeness (QED) is 0.721. The van der Waals surface area contributed by atoms with Gasteiger partial charge in [-0.1, -0.05) is 41.5 Å². The summed E-state index contributed by atoms with van der Waals surface area (Å²) < 4.78 is 40.9. The molecule has 1 aliphatic heterocycles. The molecule has 0 saturated carbocycles. The van der Waals surface area contributed by atoms with E-state index >= 15 is 0 Å². The van der Waals surface area contributed by atoms with Crippen LogP contribution in [-0.2, 0) is 11.0 Å². The molecule has 2 atom stereocenters. The number of nitrogens with zero attached hydrogens (tertiary/aromatic N) is 5. The first-order valence-corrected chi connectivity index (χ1v) is 8.60. The number of carbonyl (C=O) groups is 1. The van der Waals surface area contributed by atoms with Gasteiger partial charge in [-0.15, -0.1) is 0 Å². The number of hydrogen-bond donors (Lipinski definition) is 1. The fourth-order valence-electron chi connectivity index (χ4n) is 3.55. The molecule has 29 heavy (non-hydrogen) atoms. The summed E-state index contributed by atoms with van der Waals surface area (Å²) in [5.74, 6) is -2.06. The molecule has 2 unspecified atom stereocenters. The zero-order valence-electron chi connectivity index (χ0n) is 15.0. The van der Waals surface area contributed by atoms with E-state index in [4.69, 9.17) is 0 Å². The summed E-state index contributed by atoms with van der Waals surface area (Å²) in [4.78, 5) is 16.1.